The molecule has 0 fully saturated rings. The predicted molar refractivity (Wildman–Crippen MR) is 117 cm³/mol. The molecule has 3 aromatic rings. The Balaban J connectivity index is 1.51. The van der Waals surface area contributed by atoms with Gasteiger partial charge in [0, 0.05) is 18.7 Å². The summed E-state index contributed by atoms with van der Waals surface area (Å²) in [6, 6.07) is 12.6. The third kappa shape index (κ3) is 4.41. The standard InChI is InChI=1S/C23H25N5O4/c1-3-5-18-21(23(30)25-13-15-6-11-19-20(12-15)32-14-31-19)26-27-28(18)17-9-7-16(8-10-17)22(29)24-4-2/h6-12H,3-5,13-14H2,1-2H3,(H,24,29)(H,25,30). The van der Waals surface area contributed by atoms with E-state index in [1.807, 2.05) is 32.0 Å². The van der Waals surface area contributed by atoms with Gasteiger partial charge in [-0.15, -0.1) is 5.10 Å². The molecule has 32 heavy (non-hydrogen) atoms. The molecule has 0 aliphatic carbocycles. The number of hydrogen-bond acceptors (Lipinski definition) is 6. The summed E-state index contributed by atoms with van der Waals surface area (Å²) in [6.07, 6.45) is 1.46. The van der Waals surface area contributed by atoms with Gasteiger partial charge in [-0.1, -0.05) is 24.6 Å². The lowest BCUT2D eigenvalue weighted by Gasteiger charge is -2.09. The van der Waals surface area contributed by atoms with Gasteiger partial charge in [-0.25, -0.2) is 4.68 Å². The van der Waals surface area contributed by atoms with Crippen LogP contribution in [0.2, 0.25) is 0 Å². The lowest BCUT2D eigenvalue weighted by molar-refractivity contribution is 0.0940. The van der Waals surface area contributed by atoms with Gasteiger partial charge in [-0.05, 0) is 55.3 Å². The van der Waals surface area contributed by atoms with Gasteiger partial charge in [0.15, 0.2) is 17.2 Å². The molecule has 0 bridgehead atoms. The van der Waals surface area contributed by atoms with Crippen LogP contribution in [0.1, 0.15) is 52.4 Å². The fourth-order valence-electron chi connectivity index (χ4n) is 3.48. The van der Waals surface area contributed by atoms with Gasteiger partial charge >= 0.3 is 0 Å². The van der Waals surface area contributed by atoms with Crippen molar-refractivity contribution < 1.29 is 19.1 Å². The molecule has 1 aliphatic rings. The lowest BCUT2D eigenvalue weighted by Crippen LogP contribution is -2.24. The van der Waals surface area contributed by atoms with E-state index >= 15 is 0 Å². The van der Waals surface area contributed by atoms with Crippen LogP contribution < -0.4 is 20.1 Å². The van der Waals surface area contributed by atoms with E-state index in [2.05, 4.69) is 20.9 Å². The molecule has 4 rings (SSSR count). The maximum absolute atomic E-state index is 12.9. The van der Waals surface area contributed by atoms with E-state index in [4.69, 9.17) is 9.47 Å². The number of fused-ring (bicyclic) bond motifs is 1. The maximum atomic E-state index is 12.9. The van der Waals surface area contributed by atoms with Gasteiger partial charge < -0.3 is 20.1 Å². The largest absolute Gasteiger partial charge is 0.454 e. The van der Waals surface area contributed by atoms with Crippen molar-refractivity contribution in [1.82, 2.24) is 25.6 Å². The van der Waals surface area contributed by atoms with E-state index in [1.165, 1.54) is 0 Å². The third-order valence-corrected chi connectivity index (χ3v) is 5.07. The van der Waals surface area contributed by atoms with Crippen LogP contribution >= 0.6 is 0 Å². The molecule has 9 nitrogen and oxygen atoms in total. The average Bonchev–Trinajstić information content (AvgIpc) is 3.45. The van der Waals surface area contributed by atoms with Crippen LogP contribution in [0.5, 0.6) is 11.5 Å². The molecule has 0 unspecified atom stereocenters. The fourth-order valence-corrected chi connectivity index (χ4v) is 3.48. The second-order valence-corrected chi connectivity index (χ2v) is 7.32. The lowest BCUT2D eigenvalue weighted by atomic mass is 10.1. The van der Waals surface area contributed by atoms with Crippen LogP contribution in [0.15, 0.2) is 42.5 Å². The highest BCUT2D eigenvalue weighted by molar-refractivity contribution is 5.94. The molecule has 2 aromatic carbocycles. The highest BCUT2D eigenvalue weighted by Crippen LogP contribution is 2.32. The van der Waals surface area contributed by atoms with Crippen molar-refractivity contribution in [3.63, 3.8) is 0 Å². The molecule has 2 heterocycles. The van der Waals surface area contributed by atoms with Crippen molar-refractivity contribution in [2.24, 2.45) is 0 Å². The number of carbonyl (C=O) groups is 2. The summed E-state index contributed by atoms with van der Waals surface area (Å²) in [5.41, 5.74) is 3.22. The first-order chi connectivity index (χ1) is 15.6. The molecular formula is C23H25N5O4. The Morgan fingerprint density at radius 1 is 1.00 bits per heavy atom. The molecule has 1 aromatic heterocycles. The molecule has 0 radical (unpaired) electrons. The van der Waals surface area contributed by atoms with Gasteiger partial charge in [0.05, 0.1) is 11.4 Å². The molecule has 9 heteroatoms. The number of aromatic nitrogens is 3. The smallest absolute Gasteiger partial charge is 0.274 e. The number of carbonyl (C=O) groups excluding carboxylic acids is 2. The molecule has 166 valence electrons. The highest BCUT2D eigenvalue weighted by atomic mass is 16.7. The Morgan fingerprint density at radius 2 is 1.78 bits per heavy atom. The third-order valence-electron chi connectivity index (χ3n) is 5.07. The van der Waals surface area contributed by atoms with Crippen LogP contribution in [0.25, 0.3) is 5.69 Å². The van der Waals surface area contributed by atoms with Crippen LogP contribution in [0.3, 0.4) is 0 Å². The molecular weight excluding hydrogens is 410 g/mol. The number of rotatable bonds is 8. The minimum atomic E-state index is -0.295. The molecule has 1 aliphatic heterocycles. The van der Waals surface area contributed by atoms with Crippen molar-refractivity contribution in [2.45, 2.75) is 33.2 Å². The van der Waals surface area contributed by atoms with E-state index in [9.17, 15) is 9.59 Å². The van der Waals surface area contributed by atoms with Crippen molar-refractivity contribution in [3.8, 4) is 17.2 Å². The minimum Gasteiger partial charge on any atom is -0.454 e. The quantitative estimate of drug-likeness (QED) is 0.563. The monoisotopic (exact) mass is 435 g/mol. The number of hydrogen-bond donors (Lipinski definition) is 2. The molecule has 0 saturated heterocycles. The first kappa shape index (κ1) is 21.4. The van der Waals surface area contributed by atoms with E-state index < -0.39 is 0 Å². The Morgan fingerprint density at radius 3 is 2.53 bits per heavy atom. The zero-order chi connectivity index (χ0) is 22.5. The summed E-state index contributed by atoms with van der Waals surface area (Å²) in [7, 11) is 0. The first-order valence-corrected chi connectivity index (χ1v) is 10.6. The topological polar surface area (TPSA) is 107 Å². The number of benzene rings is 2. The summed E-state index contributed by atoms with van der Waals surface area (Å²) < 4.78 is 12.4. The van der Waals surface area contributed by atoms with Crippen LogP contribution in [0.4, 0.5) is 0 Å². The Kier molecular flexibility index (Phi) is 6.34. The Bertz CT molecular complexity index is 1120. The van der Waals surface area contributed by atoms with Crippen LogP contribution in [-0.4, -0.2) is 40.1 Å². The summed E-state index contributed by atoms with van der Waals surface area (Å²) >= 11 is 0. The first-order valence-electron chi connectivity index (χ1n) is 10.6. The van der Waals surface area contributed by atoms with E-state index in [-0.39, 0.29) is 18.6 Å². The zero-order valence-electron chi connectivity index (χ0n) is 18.1. The number of ether oxygens (including phenoxy) is 2. The number of nitrogens with one attached hydrogen (secondary N) is 2. The van der Waals surface area contributed by atoms with E-state index in [0.717, 1.165) is 23.4 Å². The average molecular weight is 435 g/mol. The predicted octanol–water partition coefficient (Wildman–Crippen LogP) is 2.63. The SMILES string of the molecule is CCCc1c(C(=O)NCc2ccc3c(c2)OCO3)nnn1-c1ccc(C(=O)NCC)cc1. The van der Waals surface area contributed by atoms with Crippen LogP contribution in [-0.2, 0) is 13.0 Å². The fraction of sp³-hybridized carbons (Fsp3) is 0.304. The minimum absolute atomic E-state index is 0.130. The van der Waals surface area contributed by atoms with Crippen molar-refractivity contribution in [1.29, 1.82) is 0 Å². The van der Waals surface area contributed by atoms with Crippen molar-refractivity contribution >= 4 is 11.8 Å². The molecule has 2 amide bonds. The molecule has 0 saturated carbocycles. The summed E-state index contributed by atoms with van der Waals surface area (Å²) in [6.45, 7) is 5.00. The van der Waals surface area contributed by atoms with Gasteiger partial charge in [0.25, 0.3) is 11.8 Å². The maximum Gasteiger partial charge on any atom is 0.274 e. The van der Waals surface area contributed by atoms with E-state index in [1.54, 1.807) is 28.9 Å². The van der Waals surface area contributed by atoms with Crippen molar-refractivity contribution in [2.75, 3.05) is 13.3 Å². The Labute approximate surface area is 185 Å². The van der Waals surface area contributed by atoms with Gasteiger partial charge in [-0.3, -0.25) is 9.59 Å². The number of nitrogens with zero attached hydrogens (tertiary/aromatic N) is 3. The molecule has 2 N–H and O–H groups in total. The number of amides is 2. The van der Waals surface area contributed by atoms with Gasteiger partial charge in [0.2, 0.25) is 6.79 Å². The second kappa shape index (κ2) is 9.51. The van der Waals surface area contributed by atoms with Gasteiger partial charge in [0.1, 0.15) is 0 Å². The van der Waals surface area contributed by atoms with Crippen LogP contribution in [0, 0.1) is 0 Å². The zero-order valence-corrected chi connectivity index (χ0v) is 18.1. The normalized spacial score (nSPS) is 11.9. The van der Waals surface area contributed by atoms with E-state index in [0.29, 0.717) is 42.3 Å². The summed E-state index contributed by atoms with van der Waals surface area (Å²) in [4.78, 5) is 24.9. The molecule has 0 spiro atoms. The van der Waals surface area contributed by atoms with Gasteiger partial charge in [-0.2, -0.15) is 0 Å². The summed E-state index contributed by atoms with van der Waals surface area (Å²) in [5.74, 6) is 0.947. The Hall–Kier alpha value is -3.88. The van der Waals surface area contributed by atoms with Crippen molar-refractivity contribution in [3.05, 3.63) is 65.0 Å². The summed E-state index contributed by atoms with van der Waals surface area (Å²) in [5, 5.41) is 14.0. The second-order valence-electron chi connectivity index (χ2n) is 7.32. The highest BCUT2D eigenvalue weighted by Gasteiger charge is 2.21. The molecule has 0 atom stereocenters.